The van der Waals surface area contributed by atoms with E-state index < -0.39 is 0 Å². The van der Waals surface area contributed by atoms with E-state index >= 15 is 0 Å². The predicted octanol–water partition coefficient (Wildman–Crippen LogP) is 5.59. The predicted molar refractivity (Wildman–Crippen MR) is 180 cm³/mol. The summed E-state index contributed by atoms with van der Waals surface area (Å²) in [5, 5.41) is 0. The molecule has 1 aliphatic rings. The molecule has 0 fully saturated rings. The molecule has 0 N–H and O–H groups in total. The van der Waals surface area contributed by atoms with Crippen molar-refractivity contribution in [1.82, 2.24) is 0 Å². The summed E-state index contributed by atoms with van der Waals surface area (Å²) in [7, 11) is 0. The van der Waals surface area contributed by atoms with Gasteiger partial charge in [-0.1, -0.05) is 137 Å². The quantitative estimate of drug-likeness (QED) is 0.164. The number of hydrogen-bond acceptors (Lipinski definition) is 0. The molecule has 0 saturated carbocycles. The minimum absolute atomic E-state index is 0. The van der Waals surface area contributed by atoms with E-state index in [9.17, 15) is 0 Å². The van der Waals surface area contributed by atoms with Crippen molar-refractivity contribution in [2.24, 2.45) is 0 Å². The molecule has 0 bridgehead atoms. The molecule has 0 aliphatic heterocycles. The Kier molecular flexibility index (Phi) is 15.4. The summed E-state index contributed by atoms with van der Waals surface area (Å²) >= 11 is 0. The minimum atomic E-state index is 0. The SMILES string of the molecule is C=CC.CC(C)(C)c1cc2c([c-]c1-c1ccccc1)Cc1cc(-c3ccccc3)c(C(C)(C)C)cc1-2.[Cl-].[Cl-].[Zr+4].c1cc[cH-]c1. The van der Waals surface area contributed by atoms with Gasteiger partial charge in [-0.15, -0.1) is 35.4 Å². The molecule has 0 heterocycles. The van der Waals surface area contributed by atoms with E-state index in [0.717, 1.165) is 6.42 Å². The number of allylic oxidation sites excluding steroid dienone is 1. The summed E-state index contributed by atoms with van der Waals surface area (Å²) in [6.45, 7) is 19.1. The van der Waals surface area contributed by atoms with Gasteiger partial charge in [0.15, 0.2) is 0 Å². The second-order valence-corrected chi connectivity index (χ2v) is 12.8. The Balaban J connectivity index is 0.000000779. The zero-order valence-corrected chi connectivity index (χ0v) is 31.1. The van der Waals surface area contributed by atoms with E-state index in [1.165, 1.54) is 55.6 Å². The molecule has 5 aromatic rings. The van der Waals surface area contributed by atoms with Gasteiger partial charge in [-0.3, -0.25) is 0 Å². The van der Waals surface area contributed by atoms with Crippen molar-refractivity contribution in [2.45, 2.75) is 65.7 Å². The Bertz CT molecular complexity index is 1450. The van der Waals surface area contributed by atoms with Crippen molar-refractivity contribution in [3.05, 3.63) is 150 Å². The van der Waals surface area contributed by atoms with Crippen LogP contribution in [0.3, 0.4) is 0 Å². The first kappa shape index (κ1) is 39.5. The molecule has 0 amide bonds. The molecular formula is C41H44Cl2Zr. The standard InChI is InChI=1S/C33H33.C5H5.C3H6.2ClH.Zr/c1-32(2,3)30-20-26-24(18-28(30)22-13-9-7-10-14-22)17-25-19-29(23-15-11-8-12-16-23)31(21-27(25)26)33(4,5)6;1-2-4-5-3-1;1-3-2;;;/h7-16,18,20-21H,17H2,1-6H3;1-5H;3H,1H2,2H3;2*1H;/q2*-1;;;;+4/p-2. The Labute approximate surface area is 298 Å². The van der Waals surface area contributed by atoms with Crippen LogP contribution in [0.5, 0.6) is 0 Å². The van der Waals surface area contributed by atoms with Gasteiger partial charge < -0.3 is 24.8 Å². The summed E-state index contributed by atoms with van der Waals surface area (Å²) in [4.78, 5) is 0. The summed E-state index contributed by atoms with van der Waals surface area (Å²) in [5.41, 5.74) is 13.5. The van der Waals surface area contributed by atoms with Gasteiger partial charge >= 0.3 is 26.2 Å². The summed E-state index contributed by atoms with van der Waals surface area (Å²) < 4.78 is 0. The molecule has 6 rings (SSSR count). The average molecular weight is 699 g/mol. The smallest absolute Gasteiger partial charge is 1.00 e. The van der Waals surface area contributed by atoms with Gasteiger partial charge in [0.2, 0.25) is 0 Å². The van der Waals surface area contributed by atoms with E-state index in [4.69, 9.17) is 0 Å². The monoisotopic (exact) mass is 696 g/mol. The number of rotatable bonds is 2. The Hall–Kier alpha value is -2.57. The van der Waals surface area contributed by atoms with E-state index in [1.807, 2.05) is 37.3 Å². The third-order valence-electron chi connectivity index (χ3n) is 7.38. The number of benzene rings is 4. The van der Waals surface area contributed by atoms with Gasteiger partial charge in [0.05, 0.1) is 0 Å². The molecule has 0 spiro atoms. The van der Waals surface area contributed by atoms with Gasteiger partial charge in [0, 0.05) is 0 Å². The molecule has 0 radical (unpaired) electrons. The van der Waals surface area contributed by atoms with Crippen molar-refractivity contribution in [2.75, 3.05) is 0 Å². The largest absolute Gasteiger partial charge is 4.00 e. The Morgan fingerprint density at radius 1 is 0.659 bits per heavy atom. The van der Waals surface area contributed by atoms with Crippen LogP contribution in [0.1, 0.15) is 70.7 Å². The zero-order valence-electron chi connectivity index (χ0n) is 27.1. The first-order valence-corrected chi connectivity index (χ1v) is 14.7. The molecular weight excluding hydrogens is 655 g/mol. The molecule has 0 atom stereocenters. The van der Waals surface area contributed by atoms with Crippen molar-refractivity contribution >= 4 is 0 Å². The van der Waals surface area contributed by atoms with Crippen LogP contribution in [-0.2, 0) is 43.5 Å². The van der Waals surface area contributed by atoms with Crippen LogP contribution in [0.2, 0.25) is 0 Å². The zero-order chi connectivity index (χ0) is 29.6. The molecule has 0 nitrogen and oxygen atoms in total. The van der Waals surface area contributed by atoms with Crippen molar-refractivity contribution in [1.29, 1.82) is 0 Å². The van der Waals surface area contributed by atoms with Crippen LogP contribution in [0.25, 0.3) is 33.4 Å². The van der Waals surface area contributed by atoms with Crippen molar-refractivity contribution in [3.8, 4) is 33.4 Å². The van der Waals surface area contributed by atoms with Gasteiger partial charge in [0.1, 0.15) is 0 Å². The van der Waals surface area contributed by atoms with Crippen LogP contribution in [0, 0.1) is 6.07 Å². The van der Waals surface area contributed by atoms with Gasteiger partial charge in [-0.2, -0.15) is 18.2 Å². The summed E-state index contributed by atoms with van der Waals surface area (Å²) in [6, 6.07) is 42.8. The number of halogens is 2. The van der Waals surface area contributed by atoms with Crippen molar-refractivity contribution in [3.63, 3.8) is 0 Å². The maximum Gasteiger partial charge on any atom is 4.00 e. The van der Waals surface area contributed by atoms with Crippen LogP contribution < -0.4 is 24.8 Å². The summed E-state index contributed by atoms with van der Waals surface area (Å²) in [6.07, 6.45) is 2.69. The molecule has 44 heavy (non-hydrogen) atoms. The summed E-state index contributed by atoms with van der Waals surface area (Å²) in [5.74, 6) is 0. The normalized spacial score (nSPS) is 11.0. The van der Waals surface area contributed by atoms with Crippen LogP contribution in [0.4, 0.5) is 0 Å². The third-order valence-corrected chi connectivity index (χ3v) is 7.38. The molecule has 0 unspecified atom stereocenters. The van der Waals surface area contributed by atoms with Gasteiger partial charge in [-0.05, 0) is 46.4 Å². The fourth-order valence-corrected chi connectivity index (χ4v) is 5.42. The first-order chi connectivity index (χ1) is 19.5. The van der Waals surface area contributed by atoms with Crippen LogP contribution in [-0.4, -0.2) is 0 Å². The number of fused-ring (bicyclic) bond motifs is 3. The maximum atomic E-state index is 3.88. The topological polar surface area (TPSA) is 0 Å². The van der Waals surface area contributed by atoms with E-state index in [-0.39, 0.29) is 61.8 Å². The first-order valence-electron chi connectivity index (χ1n) is 14.7. The van der Waals surface area contributed by atoms with Crippen molar-refractivity contribution < 1.29 is 51.0 Å². The molecule has 5 aromatic carbocycles. The fourth-order valence-electron chi connectivity index (χ4n) is 5.42. The molecule has 1 aliphatic carbocycles. The second kappa shape index (κ2) is 17.2. The third kappa shape index (κ3) is 9.47. The van der Waals surface area contributed by atoms with Gasteiger partial charge in [0.25, 0.3) is 0 Å². The van der Waals surface area contributed by atoms with E-state index in [2.05, 4.69) is 133 Å². The molecule has 3 heteroatoms. The molecule has 0 aromatic heterocycles. The number of hydrogen-bond donors (Lipinski definition) is 0. The molecule has 226 valence electrons. The van der Waals surface area contributed by atoms with Crippen LogP contribution >= 0.6 is 0 Å². The Morgan fingerprint density at radius 2 is 1.14 bits per heavy atom. The van der Waals surface area contributed by atoms with Crippen LogP contribution in [0.15, 0.2) is 122 Å². The van der Waals surface area contributed by atoms with Gasteiger partial charge in [-0.25, -0.2) is 12.1 Å². The molecule has 0 saturated heterocycles. The van der Waals surface area contributed by atoms with E-state index in [1.54, 1.807) is 6.08 Å². The maximum absolute atomic E-state index is 3.88. The average Bonchev–Trinajstić information content (AvgIpc) is 3.64. The minimum Gasteiger partial charge on any atom is -1.00 e. The second-order valence-electron chi connectivity index (χ2n) is 12.8. The fraction of sp³-hybridized carbons (Fsp3) is 0.244. The van der Waals surface area contributed by atoms with E-state index in [0.29, 0.717) is 0 Å². The Morgan fingerprint density at radius 3 is 1.59 bits per heavy atom.